The van der Waals surface area contributed by atoms with Gasteiger partial charge in [-0.3, -0.25) is 0 Å². The van der Waals surface area contributed by atoms with E-state index in [0.29, 0.717) is 0 Å². The first-order chi connectivity index (χ1) is 23.3. The van der Waals surface area contributed by atoms with Gasteiger partial charge in [-0.2, -0.15) is 0 Å². The SMILES string of the molecule is c1ccc2c(-c3ccc(-c4c5ccccc5c(-c5ccc6c(c5)oc5ccccc56)c5ccccc45)c4ccccc34)cccc2c1. The smallest absolute Gasteiger partial charge is 0.136 e. The Balaban J connectivity index is 1.27. The number of hydrogen-bond acceptors (Lipinski definition) is 1. The molecule has 0 amide bonds. The minimum atomic E-state index is 0.913. The molecule has 0 saturated carbocycles. The lowest BCUT2D eigenvalue weighted by Gasteiger charge is -2.20. The molecule has 0 spiro atoms. The van der Waals surface area contributed by atoms with Crippen LogP contribution in [-0.2, 0) is 0 Å². The van der Waals surface area contributed by atoms with E-state index in [1.807, 2.05) is 12.1 Å². The van der Waals surface area contributed by atoms with Gasteiger partial charge in [0.1, 0.15) is 11.2 Å². The highest BCUT2D eigenvalue weighted by Gasteiger charge is 2.20. The van der Waals surface area contributed by atoms with Gasteiger partial charge in [-0.05, 0) is 94.7 Å². The lowest BCUT2D eigenvalue weighted by atomic mass is 9.83. The zero-order valence-electron chi connectivity index (χ0n) is 25.6. The quantitative estimate of drug-likeness (QED) is 0.185. The third-order valence-corrected chi connectivity index (χ3v) is 9.87. The molecule has 0 aliphatic rings. The Morgan fingerprint density at radius 3 is 1.49 bits per heavy atom. The molecule has 10 rings (SSSR count). The molecule has 47 heavy (non-hydrogen) atoms. The van der Waals surface area contributed by atoms with Gasteiger partial charge in [-0.15, -0.1) is 0 Å². The molecule has 0 aliphatic carbocycles. The fourth-order valence-corrected chi connectivity index (χ4v) is 7.82. The molecule has 218 valence electrons. The van der Waals surface area contributed by atoms with Gasteiger partial charge in [0, 0.05) is 10.8 Å². The Hall–Kier alpha value is -6.18. The molecule has 0 bridgehead atoms. The van der Waals surface area contributed by atoms with Gasteiger partial charge >= 0.3 is 0 Å². The van der Waals surface area contributed by atoms with Crippen molar-refractivity contribution in [2.45, 2.75) is 0 Å². The van der Waals surface area contributed by atoms with Crippen LogP contribution in [0.4, 0.5) is 0 Å². The Kier molecular flexibility index (Phi) is 5.64. The number of hydrogen-bond donors (Lipinski definition) is 0. The van der Waals surface area contributed by atoms with Crippen LogP contribution in [-0.4, -0.2) is 0 Å². The monoisotopic (exact) mass is 596 g/mol. The summed E-state index contributed by atoms with van der Waals surface area (Å²) in [4.78, 5) is 0. The Morgan fingerprint density at radius 2 is 0.766 bits per heavy atom. The van der Waals surface area contributed by atoms with Gasteiger partial charge in [-0.1, -0.05) is 152 Å². The second-order valence-corrected chi connectivity index (χ2v) is 12.4. The van der Waals surface area contributed by atoms with Crippen LogP contribution >= 0.6 is 0 Å². The fourth-order valence-electron chi connectivity index (χ4n) is 7.82. The lowest BCUT2D eigenvalue weighted by Crippen LogP contribution is -1.92. The second kappa shape index (κ2) is 10.2. The minimum absolute atomic E-state index is 0.913. The van der Waals surface area contributed by atoms with Gasteiger partial charge in [0.05, 0.1) is 0 Å². The molecule has 10 aromatic rings. The molecular weight excluding hydrogens is 569 g/mol. The topological polar surface area (TPSA) is 13.1 Å². The first-order valence-electron chi connectivity index (χ1n) is 16.2. The molecular formula is C46H28O. The van der Waals surface area contributed by atoms with Crippen LogP contribution in [0.2, 0.25) is 0 Å². The minimum Gasteiger partial charge on any atom is -0.456 e. The molecule has 0 fully saturated rings. The molecule has 0 N–H and O–H groups in total. The number of fused-ring (bicyclic) bond motifs is 7. The Morgan fingerprint density at radius 1 is 0.277 bits per heavy atom. The van der Waals surface area contributed by atoms with E-state index in [4.69, 9.17) is 4.42 Å². The van der Waals surface area contributed by atoms with Crippen molar-refractivity contribution in [1.82, 2.24) is 0 Å². The van der Waals surface area contributed by atoms with Crippen molar-refractivity contribution in [3.63, 3.8) is 0 Å². The van der Waals surface area contributed by atoms with Crippen LogP contribution in [0.5, 0.6) is 0 Å². The highest BCUT2D eigenvalue weighted by atomic mass is 16.3. The van der Waals surface area contributed by atoms with E-state index in [1.165, 1.54) is 70.9 Å². The van der Waals surface area contributed by atoms with E-state index in [-0.39, 0.29) is 0 Å². The maximum atomic E-state index is 6.35. The molecule has 9 aromatic carbocycles. The first-order valence-corrected chi connectivity index (χ1v) is 16.2. The van der Waals surface area contributed by atoms with Crippen molar-refractivity contribution in [2.75, 3.05) is 0 Å². The zero-order chi connectivity index (χ0) is 30.9. The van der Waals surface area contributed by atoms with Crippen LogP contribution in [0.3, 0.4) is 0 Å². The highest BCUT2D eigenvalue weighted by Crippen LogP contribution is 2.47. The largest absolute Gasteiger partial charge is 0.456 e. The van der Waals surface area contributed by atoms with Crippen molar-refractivity contribution >= 4 is 65.0 Å². The summed E-state index contributed by atoms with van der Waals surface area (Å²) in [5.41, 5.74) is 9.26. The van der Waals surface area contributed by atoms with E-state index in [0.717, 1.165) is 27.5 Å². The summed E-state index contributed by atoms with van der Waals surface area (Å²) in [6.45, 7) is 0. The summed E-state index contributed by atoms with van der Waals surface area (Å²) in [5, 5.41) is 12.3. The second-order valence-electron chi connectivity index (χ2n) is 12.4. The molecule has 1 aromatic heterocycles. The van der Waals surface area contributed by atoms with Gasteiger partial charge in [0.2, 0.25) is 0 Å². The average molecular weight is 597 g/mol. The van der Waals surface area contributed by atoms with Gasteiger partial charge in [0.25, 0.3) is 0 Å². The summed E-state index contributed by atoms with van der Waals surface area (Å²) in [6.07, 6.45) is 0. The molecule has 1 heteroatoms. The maximum absolute atomic E-state index is 6.35. The summed E-state index contributed by atoms with van der Waals surface area (Å²) < 4.78 is 6.35. The van der Waals surface area contributed by atoms with E-state index in [2.05, 4.69) is 158 Å². The number of rotatable bonds is 3. The van der Waals surface area contributed by atoms with Crippen LogP contribution in [0.1, 0.15) is 0 Å². The molecule has 0 radical (unpaired) electrons. The molecule has 0 aliphatic heterocycles. The summed E-state index contributed by atoms with van der Waals surface area (Å²) >= 11 is 0. The summed E-state index contributed by atoms with van der Waals surface area (Å²) in [6, 6.07) is 61.6. The molecule has 0 unspecified atom stereocenters. The van der Waals surface area contributed by atoms with Crippen molar-refractivity contribution in [2.24, 2.45) is 0 Å². The average Bonchev–Trinajstić information content (AvgIpc) is 3.51. The number of benzene rings is 9. The Bertz CT molecular complexity index is 2790. The van der Waals surface area contributed by atoms with Gasteiger partial charge in [0.15, 0.2) is 0 Å². The standard InChI is InChI=1S/C46H28O/c1-2-14-31-29(12-1)13-11-22-32(31)35-26-27-42(34-16-4-3-15-33(34)35)46-40-20-7-5-18-38(40)45(39-19-6-8-21-41(39)46)30-24-25-37-36-17-9-10-23-43(36)47-44(37)28-30/h1-28H. The molecule has 1 nitrogen and oxygen atoms in total. The fraction of sp³-hybridized carbons (Fsp3) is 0. The third-order valence-electron chi connectivity index (χ3n) is 9.87. The first kappa shape index (κ1) is 26.1. The van der Waals surface area contributed by atoms with E-state index < -0.39 is 0 Å². The van der Waals surface area contributed by atoms with Crippen LogP contribution < -0.4 is 0 Å². The van der Waals surface area contributed by atoms with Gasteiger partial charge < -0.3 is 4.42 Å². The van der Waals surface area contributed by atoms with Crippen molar-refractivity contribution in [1.29, 1.82) is 0 Å². The normalized spacial score (nSPS) is 11.8. The third kappa shape index (κ3) is 3.90. The predicted octanol–water partition coefficient (Wildman–Crippen LogP) is 13.2. The maximum Gasteiger partial charge on any atom is 0.136 e. The predicted molar refractivity (Wildman–Crippen MR) is 200 cm³/mol. The zero-order valence-corrected chi connectivity index (χ0v) is 25.6. The van der Waals surface area contributed by atoms with Crippen LogP contribution in [0.25, 0.3) is 98.4 Å². The Labute approximate surface area is 271 Å². The van der Waals surface area contributed by atoms with Crippen LogP contribution in [0, 0.1) is 0 Å². The van der Waals surface area contributed by atoms with Crippen LogP contribution in [0.15, 0.2) is 174 Å². The van der Waals surface area contributed by atoms with E-state index in [1.54, 1.807) is 0 Å². The number of para-hydroxylation sites is 1. The van der Waals surface area contributed by atoms with Crippen molar-refractivity contribution in [3.8, 4) is 33.4 Å². The summed E-state index contributed by atoms with van der Waals surface area (Å²) in [7, 11) is 0. The lowest BCUT2D eigenvalue weighted by molar-refractivity contribution is 0.669. The van der Waals surface area contributed by atoms with E-state index >= 15 is 0 Å². The molecule has 1 heterocycles. The van der Waals surface area contributed by atoms with Crippen molar-refractivity contribution in [3.05, 3.63) is 170 Å². The molecule has 0 atom stereocenters. The number of furan rings is 1. The summed E-state index contributed by atoms with van der Waals surface area (Å²) in [5.74, 6) is 0. The van der Waals surface area contributed by atoms with E-state index in [9.17, 15) is 0 Å². The highest BCUT2D eigenvalue weighted by molar-refractivity contribution is 6.24. The van der Waals surface area contributed by atoms with Crippen molar-refractivity contribution < 1.29 is 4.42 Å². The van der Waals surface area contributed by atoms with Gasteiger partial charge in [-0.25, -0.2) is 0 Å². The molecule has 0 saturated heterocycles.